The highest BCUT2D eigenvalue weighted by Crippen LogP contribution is 2.27. The van der Waals surface area contributed by atoms with E-state index in [2.05, 4.69) is 5.32 Å². The number of halogens is 2. The number of amides is 2. The van der Waals surface area contributed by atoms with Crippen LogP contribution in [-0.4, -0.2) is 30.1 Å². The maximum absolute atomic E-state index is 11.0. The Morgan fingerprint density at radius 1 is 1.33 bits per heavy atom. The molecule has 0 unspecified atom stereocenters. The lowest BCUT2D eigenvalue weighted by molar-refractivity contribution is 0.193. The van der Waals surface area contributed by atoms with Crippen molar-refractivity contribution >= 4 is 34.9 Å². The van der Waals surface area contributed by atoms with Gasteiger partial charge in [-0.15, -0.1) is 0 Å². The molecular formula is C12H15Cl2N3O. The molecule has 0 aliphatic carbocycles. The van der Waals surface area contributed by atoms with Gasteiger partial charge in [0.25, 0.3) is 0 Å². The Bertz CT molecular complexity index is 445. The van der Waals surface area contributed by atoms with Crippen molar-refractivity contribution in [1.29, 1.82) is 0 Å². The van der Waals surface area contributed by atoms with Crippen LogP contribution >= 0.6 is 23.2 Å². The lowest BCUT2D eigenvalue weighted by Gasteiger charge is -2.31. The van der Waals surface area contributed by atoms with Crippen LogP contribution in [0.1, 0.15) is 12.8 Å². The third-order valence-corrected chi connectivity index (χ3v) is 3.65. The van der Waals surface area contributed by atoms with E-state index in [9.17, 15) is 4.79 Å². The molecule has 1 aliphatic rings. The maximum Gasteiger partial charge on any atom is 0.314 e. The summed E-state index contributed by atoms with van der Waals surface area (Å²) >= 11 is 11.9. The van der Waals surface area contributed by atoms with Gasteiger partial charge in [-0.3, -0.25) is 0 Å². The number of urea groups is 1. The lowest BCUT2D eigenvalue weighted by Crippen LogP contribution is -2.44. The van der Waals surface area contributed by atoms with Crippen LogP contribution in [0.3, 0.4) is 0 Å². The highest BCUT2D eigenvalue weighted by Gasteiger charge is 2.21. The smallest absolute Gasteiger partial charge is 0.314 e. The SMILES string of the molecule is NC(=O)N1CCC(Nc2ccc(Cl)cc2Cl)CC1. The second kappa shape index (κ2) is 5.67. The zero-order valence-corrected chi connectivity index (χ0v) is 11.3. The average molecular weight is 288 g/mol. The fraction of sp³-hybridized carbons (Fsp3) is 0.417. The van der Waals surface area contributed by atoms with Gasteiger partial charge >= 0.3 is 6.03 Å². The highest BCUT2D eigenvalue weighted by atomic mass is 35.5. The van der Waals surface area contributed by atoms with Crippen LogP contribution in [0.4, 0.5) is 10.5 Å². The first-order chi connectivity index (χ1) is 8.56. The first-order valence-corrected chi connectivity index (χ1v) is 6.58. The standard InChI is InChI=1S/C12H15Cl2N3O/c13-8-1-2-11(10(14)7-8)16-9-3-5-17(6-4-9)12(15)18/h1-2,7,9,16H,3-6H2,(H2,15,18). The number of primary amides is 1. The summed E-state index contributed by atoms with van der Waals surface area (Å²) < 4.78 is 0. The van der Waals surface area contributed by atoms with E-state index in [0.29, 0.717) is 29.2 Å². The third-order valence-electron chi connectivity index (χ3n) is 3.10. The summed E-state index contributed by atoms with van der Waals surface area (Å²) in [5, 5.41) is 4.60. The molecule has 6 heteroatoms. The van der Waals surface area contributed by atoms with E-state index in [4.69, 9.17) is 28.9 Å². The van der Waals surface area contributed by atoms with E-state index in [-0.39, 0.29) is 6.03 Å². The van der Waals surface area contributed by atoms with Gasteiger partial charge in [-0.25, -0.2) is 4.79 Å². The number of nitrogens with two attached hydrogens (primary N) is 1. The van der Waals surface area contributed by atoms with Gasteiger partial charge in [0.05, 0.1) is 10.7 Å². The van der Waals surface area contributed by atoms with Crippen molar-refractivity contribution in [3.63, 3.8) is 0 Å². The Labute approximate surface area is 116 Å². The second-order valence-electron chi connectivity index (χ2n) is 4.37. The molecule has 0 aromatic heterocycles. The molecule has 4 nitrogen and oxygen atoms in total. The minimum absolute atomic E-state index is 0.305. The first-order valence-electron chi connectivity index (χ1n) is 5.82. The van der Waals surface area contributed by atoms with Crippen LogP contribution in [0.5, 0.6) is 0 Å². The number of carbonyl (C=O) groups is 1. The molecule has 1 aliphatic heterocycles. The number of hydrogen-bond acceptors (Lipinski definition) is 2. The van der Waals surface area contributed by atoms with E-state index in [1.807, 2.05) is 6.07 Å². The number of hydrogen-bond donors (Lipinski definition) is 2. The molecular weight excluding hydrogens is 273 g/mol. The van der Waals surface area contributed by atoms with Gasteiger partial charge in [0, 0.05) is 24.2 Å². The van der Waals surface area contributed by atoms with Gasteiger partial charge < -0.3 is 16.0 Å². The van der Waals surface area contributed by atoms with Crippen molar-refractivity contribution in [2.45, 2.75) is 18.9 Å². The quantitative estimate of drug-likeness (QED) is 0.879. The monoisotopic (exact) mass is 287 g/mol. The van der Waals surface area contributed by atoms with E-state index < -0.39 is 0 Å². The van der Waals surface area contributed by atoms with Crippen LogP contribution in [0.15, 0.2) is 18.2 Å². The fourth-order valence-corrected chi connectivity index (χ4v) is 2.53. The van der Waals surface area contributed by atoms with E-state index in [0.717, 1.165) is 18.5 Å². The summed E-state index contributed by atoms with van der Waals surface area (Å²) in [4.78, 5) is 12.7. The molecule has 98 valence electrons. The molecule has 1 saturated heterocycles. The number of anilines is 1. The molecule has 0 radical (unpaired) electrons. The molecule has 3 N–H and O–H groups in total. The Kier molecular flexibility index (Phi) is 4.19. The molecule has 0 atom stereocenters. The average Bonchev–Trinajstić information content (AvgIpc) is 2.33. The van der Waals surface area contributed by atoms with Crippen molar-refractivity contribution < 1.29 is 4.79 Å². The summed E-state index contributed by atoms with van der Waals surface area (Å²) in [5.41, 5.74) is 6.11. The van der Waals surface area contributed by atoms with E-state index >= 15 is 0 Å². The first kappa shape index (κ1) is 13.3. The van der Waals surface area contributed by atoms with Crippen LogP contribution in [-0.2, 0) is 0 Å². The molecule has 0 bridgehead atoms. The Hall–Kier alpha value is -1.13. The van der Waals surface area contributed by atoms with Crippen molar-refractivity contribution in [3.8, 4) is 0 Å². The highest BCUT2D eigenvalue weighted by molar-refractivity contribution is 6.36. The Balaban J connectivity index is 1.93. The van der Waals surface area contributed by atoms with Gasteiger partial charge in [0.2, 0.25) is 0 Å². The zero-order chi connectivity index (χ0) is 13.1. The Morgan fingerprint density at radius 2 is 2.00 bits per heavy atom. The number of benzene rings is 1. The lowest BCUT2D eigenvalue weighted by atomic mass is 10.0. The summed E-state index contributed by atoms with van der Waals surface area (Å²) in [6.45, 7) is 1.36. The molecule has 1 fully saturated rings. The molecule has 1 aromatic rings. The molecule has 0 saturated carbocycles. The number of nitrogens with one attached hydrogen (secondary N) is 1. The molecule has 1 heterocycles. The van der Waals surface area contributed by atoms with Crippen molar-refractivity contribution in [1.82, 2.24) is 4.90 Å². The van der Waals surface area contributed by atoms with Crippen molar-refractivity contribution in [3.05, 3.63) is 28.2 Å². The van der Waals surface area contributed by atoms with Crippen molar-refractivity contribution in [2.75, 3.05) is 18.4 Å². The van der Waals surface area contributed by atoms with Crippen molar-refractivity contribution in [2.24, 2.45) is 5.73 Å². The van der Waals surface area contributed by atoms with Crippen LogP contribution in [0, 0.1) is 0 Å². The van der Waals surface area contributed by atoms with Crippen LogP contribution < -0.4 is 11.1 Å². The summed E-state index contributed by atoms with van der Waals surface area (Å²) in [7, 11) is 0. The Morgan fingerprint density at radius 3 is 2.56 bits per heavy atom. The predicted molar refractivity (Wildman–Crippen MR) is 74.3 cm³/mol. The molecule has 18 heavy (non-hydrogen) atoms. The molecule has 1 aromatic carbocycles. The number of likely N-dealkylation sites (tertiary alicyclic amines) is 1. The number of carbonyl (C=O) groups excluding carboxylic acids is 1. The maximum atomic E-state index is 11.0. The van der Waals surface area contributed by atoms with Gasteiger partial charge in [-0.05, 0) is 31.0 Å². The zero-order valence-electron chi connectivity index (χ0n) is 9.83. The summed E-state index contributed by atoms with van der Waals surface area (Å²) in [6.07, 6.45) is 1.73. The van der Waals surface area contributed by atoms with Crippen LogP contribution in [0.25, 0.3) is 0 Å². The number of rotatable bonds is 2. The third kappa shape index (κ3) is 3.21. The van der Waals surface area contributed by atoms with Gasteiger partial charge in [0.15, 0.2) is 0 Å². The largest absolute Gasteiger partial charge is 0.381 e. The molecule has 2 rings (SSSR count). The van der Waals surface area contributed by atoms with E-state index in [1.54, 1.807) is 17.0 Å². The fourth-order valence-electron chi connectivity index (χ4n) is 2.07. The number of piperidine rings is 1. The van der Waals surface area contributed by atoms with Gasteiger partial charge in [-0.2, -0.15) is 0 Å². The van der Waals surface area contributed by atoms with Crippen LogP contribution in [0.2, 0.25) is 10.0 Å². The minimum atomic E-state index is -0.349. The van der Waals surface area contributed by atoms with Gasteiger partial charge in [-0.1, -0.05) is 23.2 Å². The predicted octanol–water partition coefficient (Wildman–Crippen LogP) is 2.95. The van der Waals surface area contributed by atoms with Gasteiger partial charge in [0.1, 0.15) is 0 Å². The molecule has 0 spiro atoms. The summed E-state index contributed by atoms with van der Waals surface area (Å²) in [6, 6.07) is 5.33. The minimum Gasteiger partial charge on any atom is -0.381 e. The van der Waals surface area contributed by atoms with E-state index in [1.165, 1.54) is 0 Å². The second-order valence-corrected chi connectivity index (χ2v) is 5.21. The topological polar surface area (TPSA) is 58.4 Å². The normalized spacial score (nSPS) is 16.7. The summed E-state index contributed by atoms with van der Waals surface area (Å²) in [5.74, 6) is 0. The number of nitrogens with zero attached hydrogens (tertiary/aromatic N) is 1. The molecule has 2 amide bonds.